The van der Waals surface area contributed by atoms with E-state index in [4.69, 9.17) is 0 Å². The molecule has 2 aromatic rings. The Balaban J connectivity index is 1.54. The molecule has 118 valence electrons. The van der Waals surface area contributed by atoms with Gasteiger partial charge in [-0.3, -0.25) is 4.90 Å². The third kappa shape index (κ3) is 4.28. The maximum Gasteiger partial charge on any atom is 0.240 e. The molecule has 1 heterocycles. The van der Waals surface area contributed by atoms with E-state index in [9.17, 15) is 4.79 Å². The second-order valence-electron chi connectivity index (χ2n) is 5.90. The molecule has 0 aliphatic carbocycles. The minimum atomic E-state index is 0.421. The minimum absolute atomic E-state index is 0.421. The quantitative estimate of drug-likeness (QED) is 0.676. The van der Waals surface area contributed by atoms with Crippen molar-refractivity contribution in [1.29, 1.82) is 0 Å². The average Bonchev–Trinajstić information content (AvgIpc) is 2.60. The summed E-state index contributed by atoms with van der Waals surface area (Å²) in [4.78, 5) is 16.8. The molecule has 1 aliphatic heterocycles. The number of isocyanates is 1. The van der Waals surface area contributed by atoms with Crippen molar-refractivity contribution in [2.75, 3.05) is 18.4 Å². The van der Waals surface area contributed by atoms with Crippen molar-refractivity contribution >= 4 is 17.5 Å². The van der Waals surface area contributed by atoms with Gasteiger partial charge in [-0.05, 0) is 30.5 Å². The highest BCUT2D eigenvalue weighted by Gasteiger charge is 2.19. The van der Waals surface area contributed by atoms with Gasteiger partial charge < -0.3 is 5.32 Å². The fraction of sp³-hybridized carbons (Fsp3) is 0.316. The zero-order valence-electron chi connectivity index (χ0n) is 13.1. The van der Waals surface area contributed by atoms with Gasteiger partial charge >= 0.3 is 0 Å². The summed E-state index contributed by atoms with van der Waals surface area (Å²) in [5, 5.41) is 3.52. The summed E-state index contributed by atoms with van der Waals surface area (Å²) in [6.45, 7) is 3.16. The van der Waals surface area contributed by atoms with Crippen LogP contribution < -0.4 is 5.32 Å². The van der Waals surface area contributed by atoms with Gasteiger partial charge in [0, 0.05) is 25.7 Å². The Hall–Kier alpha value is -2.42. The molecule has 0 spiro atoms. The lowest BCUT2D eigenvalue weighted by Gasteiger charge is -2.33. The molecule has 1 saturated heterocycles. The van der Waals surface area contributed by atoms with Crippen LogP contribution in [0.25, 0.3) is 0 Å². The van der Waals surface area contributed by atoms with Crippen LogP contribution in [0.3, 0.4) is 0 Å². The topological polar surface area (TPSA) is 44.7 Å². The van der Waals surface area contributed by atoms with Crippen LogP contribution >= 0.6 is 0 Å². The van der Waals surface area contributed by atoms with E-state index < -0.39 is 0 Å². The first kappa shape index (κ1) is 15.5. The van der Waals surface area contributed by atoms with E-state index in [0.29, 0.717) is 11.7 Å². The van der Waals surface area contributed by atoms with Crippen LogP contribution in [0.1, 0.15) is 18.4 Å². The highest BCUT2D eigenvalue weighted by molar-refractivity contribution is 5.68. The molecule has 3 rings (SSSR count). The molecule has 0 amide bonds. The van der Waals surface area contributed by atoms with E-state index in [1.807, 2.05) is 24.3 Å². The Morgan fingerprint density at radius 1 is 1.04 bits per heavy atom. The number of carbonyl (C=O) groups excluding carboxylic acids is 1. The fourth-order valence-electron chi connectivity index (χ4n) is 3.04. The van der Waals surface area contributed by atoms with Crippen LogP contribution in [0, 0.1) is 0 Å². The third-order valence-electron chi connectivity index (χ3n) is 4.27. The molecular weight excluding hydrogens is 286 g/mol. The summed E-state index contributed by atoms with van der Waals surface area (Å²) in [5.74, 6) is 0. The fourth-order valence-corrected chi connectivity index (χ4v) is 3.04. The van der Waals surface area contributed by atoms with Gasteiger partial charge in [-0.15, -0.1) is 0 Å². The molecule has 4 nitrogen and oxygen atoms in total. The summed E-state index contributed by atoms with van der Waals surface area (Å²) < 4.78 is 0. The summed E-state index contributed by atoms with van der Waals surface area (Å²) in [5.41, 5.74) is 2.94. The number of benzene rings is 2. The highest BCUT2D eigenvalue weighted by Crippen LogP contribution is 2.26. The average molecular weight is 307 g/mol. The van der Waals surface area contributed by atoms with Gasteiger partial charge in [0.15, 0.2) is 0 Å². The first-order valence-electron chi connectivity index (χ1n) is 8.05. The zero-order valence-corrected chi connectivity index (χ0v) is 13.1. The molecule has 0 aromatic heterocycles. The number of rotatable bonds is 5. The van der Waals surface area contributed by atoms with E-state index in [1.165, 1.54) is 5.56 Å². The maximum absolute atomic E-state index is 10.5. The summed E-state index contributed by atoms with van der Waals surface area (Å²) in [6.07, 6.45) is 3.80. The zero-order chi connectivity index (χ0) is 15.9. The van der Waals surface area contributed by atoms with E-state index >= 15 is 0 Å². The van der Waals surface area contributed by atoms with Crippen molar-refractivity contribution in [3.63, 3.8) is 0 Å². The van der Waals surface area contributed by atoms with Crippen LogP contribution in [0.4, 0.5) is 11.4 Å². The van der Waals surface area contributed by atoms with Crippen molar-refractivity contribution in [3.8, 4) is 0 Å². The van der Waals surface area contributed by atoms with Gasteiger partial charge in [-0.1, -0.05) is 42.5 Å². The standard InChI is InChI=1S/C19H21N3O/c23-15-20-18-8-4-5-9-19(18)21-17-10-12-22(13-11-17)14-16-6-2-1-3-7-16/h1-9,17,21H,10-14H2. The molecule has 4 heteroatoms. The molecule has 0 atom stereocenters. The van der Waals surface area contributed by atoms with Crippen LogP contribution in [-0.2, 0) is 11.3 Å². The SMILES string of the molecule is O=C=Nc1ccccc1NC1CCN(Cc2ccccc2)CC1. The second kappa shape index (κ2) is 7.73. The van der Waals surface area contributed by atoms with Crippen molar-refractivity contribution in [3.05, 3.63) is 60.2 Å². The third-order valence-corrected chi connectivity index (χ3v) is 4.27. The van der Waals surface area contributed by atoms with Gasteiger partial charge in [0.05, 0.1) is 11.4 Å². The van der Waals surface area contributed by atoms with Gasteiger partial charge in [-0.25, -0.2) is 4.79 Å². The Morgan fingerprint density at radius 3 is 2.48 bits per heavy atom. The lowest BCUT2D eigenvalue weighted by Crippen LogP contribution is -2.38. The van der Waals surface area contributed by atoms with Crippen LogP contribution in [-0.4, -0.2) is 30.1 Å². The number of piperidine rings is 1. The van der Waals surface area contributed by atoms with E-state index in [-0.39, 0.29) is 0 Å². The molecule has 23 heavy (non-hydrogen) atoms. The monoisotopic (exact) mass is 307 g/mol. The molecule has 0 bridgehead atoms. The smallest absolute Gasteiger partial charge is 0.240 e. The van der Waals surface area contributed by atoms with E-state index in [2.05, 4.69) is 45.5 Å². The molecule has 0 saturated carbocycles. The van der Waals surface area contributed by atoms with E-state index in [0.717, 1.165) is 38.2 Å². The van der Waals surface area contributed by atoms with Gasteiger partial charge in [0.2, 0.25) is 6.08 Å². The highest BCUT2D eigenvalue weighted by atomic mass is 16.1. The van der Waals surface area contributed by atoms with Crippen molar-refractivity contribution in [2.24, 2.45) is 4.99 Å². The molecular formula is C19H21N3O. The molecule has 0 unspecified atom stereocenters. The Kier molecular flexibility index (Phi) is 5.20. The second-order valence-corrected chi connectivity index (χ2v) is 5.90. The Labute approximate surface area is 136 Å². The van der Waals surface area contributed by atoms with Gasteiger partial charge in [0.25, 0.3) is 0 Å². The lowest BCUT2D eigenvalue weighted by atomic mass is 10.0. The number of para-hydroxylation sites is 2. The number of likely N-dealkylation sites (tertiary alicyclic amines) is 1. The molecule has 1 fully saturated rings. The molecule has 1 N–H and O–H groups in total. The molecule has 0 radical (unpaired) electrons. The number of anilines is 1. The summed E-state index contributed by atoms with van der Waals surface area (Å²) >= 11 is 0. The predicted molar refractivity (Wildman–Crippen MR) is 92.6 cm³/mol. The predicted octanol–water partition coefficient (Wildman–Crippen LogP) is 3.73. The number of aliphatic imine (C=N–C) groups is 1. The number of nitrogens with zero attached hydrogens (tertiary/aromatic N) is 2. The van der Waals surface area contributed by atoms with E-state index in [1.54, 1.807) is 6.08 Å². The van der Waals surface area contributed by atoms with Gasteiger partial charge in [-0.2, -0.15) is 4.99 Å². The maximum atomic E-state index is 10.5. The van der Waals surface area contributed by atoms with Crippen LogP contribution in [0.2, 0.25) is 0 Å². The first-order valence-corrected chi connectivity index (χ1v) is 8.05. The van der Waals surface area contributed by atoms with Crippen molar-refractivity contribution in [2.45, 2.75) is 25.4 Å². The van der Waals surface area contributed by atoms with Crippen molar-refractivity contribution in [1.82, 2.24) is 4.90 Å². The van der Waals surface area contributed by atoms with Crippen LogP contribution in [0.5, 0.6) is 0 Å². The lowest BCUT2D eigenvalue weighted by molar-refractivity contribution is 0.211. The largest absolute Gasteiger partial charge is 0.380 e. The Morgan fingerprint density at radius 2 is 1.74 bits per heavy atom. The minimum Gasteiger partial charge on any atom is -0.380 e. The van der Waals surface area contributed by atoms with Crippen LogP contribution in [0.15, 0.2) is 59.6 Å². The number of hydrogen-bond acceptors (Lipinski definition) is 4. The normalized spacial score (nSPS) is 15.8. The molecule has 2 aromatic carbocycles. The first-order chi connectivity index (χ1) is 11.3. The molecule has 1 aliphatic rings. The summed E-state index contributed by atoms with van der Waals surface area (Å²) in [6, 6.07) is 18.6. The van der Waals surface area contributed by atoms with Crippen molar-refractivity contribution < 1.29 is 4.79 Å². The summed E-state index contributed by atoms with van der Waals surface area (Å²) in [7, 11) is 0. The number of nitrogens with one attached hydrogen (secondary N) is 1. The number of hydrogen-bond donors (Lipinski definition) is 1. The Bertz CT molecular complexity index is 672. The van der Waals surface area contributed by atoms with Gasteiger partial charge in [0.1, 0.15) is 0 Å².